The lowest BCUT2D eigenvalue weighted by atomic mass is 9.93. The van der Waals surface area contributed by atoms with Gasteiger partial charge in [-0.05, 0) is 77.6 Å². The number of rotatable bonds is 7. The minimum Gasteiger partial charge on any atom is -0.494 e. The Kier molecular flexibility index (Phi) is 6.24. The van der Waals surface area contributed by atoms with Gasteiger partial charge in [-0.25, -0.2) is 4.39 Å². The van der Waals surface area contributed by atoms with E-state index in [1.165, 1.54) is 34.5 Å². The van der Waals surface area contributed by atoms with Gasteiger partial charge in [0.2, 0.25) is 5.75 Å². The van der Waals surface area contributed by atoms with Gasteiger partial charge in [0, 0.05) is 0 Å². The summed E-state index contributed by atoms with van der Waals surface area (Å²) in [4.78, 5) is 11.7. The maximum Gasteiger partial charge on any atom is 0.310 e. The third-order valence-electron chi connectivity index (χ3n) is 5.48. The highest BCUT2D eigenvalue weighted by atomic mass is 19.1. The van der Waals surface area contributed by atoms with Gasteiger partial charge in [0.25, 0.3) is 0 Å². The molecule has 0 saturated heterocycles. The Bertz CT molecular complexity index is 1070. The zero-order valence-electron chi connectivity index (χ0n) is 18.3. The van der Waals surface area contributed by atoms with Crippen LogP contribution in [-0.4, -0.2) is 39.5 Å². The fourth-order valence-electron chi connectivity index (χ4n) is 3.92. The van der Waals surface area contributed by atoms with Crippen molar-refractivity contribution in [3.05, 3.63) is 52.3 Å². The highest BCUT2D eigenvalue weighted by molar-refractivity contribution is 6.08. The van der Waals surface area contributed by atoms with Gasteiger partial charge in [-0.3, -0.25) is 4.79 Å². The van der Waals surface area contributed by atoms with Crippen LogP contribution < -0.4 is 18.9 Å². The topological polar surface area (TPSA) is 74.2 Å². The summed E-state index contributed by atoms with van der Waals surface area (Å²) in [6.07, 6.45) is 1.89. The summed E-state index contributed by atoms with van der Waals surface area (Å²) in [5, 5.41) is 9.61. The van der Waals surface area contributed by atoms with E-state index in [1.807, 2.05) is 13.0 Å². The van der Waals surface area contributed by atoms with Crippen molar-refractivity contribution in [2.45, 2.75) is 13.8 Å². The second-order valence-corrected chi connectivity index (χ2v) is 7.15. The highest BCUT2D eigenvalue weighted by Crippen LogP contribution is 2.48. The molecule has 0 amide bonds. The summed E-state index contributed by atoms with van der Waals surface area (Å²) in [5.74, 6) is -0.795. The molecule has 3 rings (SSSR count). The molecule has 1 aliphatic rings. The molecule has 1 atom stereocenters. The molecule has 2 aromatic rings. The van der Waals surface area contributed by atoms with Crippen LogP contribution in [0.4, 0.5) is 4.39 Å². The van der Waals surface area contributed by atoms with Crippen molar-refractivity contribution in [3.8, 4) is 23.0 Å². The Hall–Kier alpha value is -3.48. The van der Waals surface area contributed by atoms with Crippen molar-refractivity contribution in [2.24, 2.45) is 5.92 Å². The second kappa shape index (κ2) is 8.71. The first-order valence-corrected chi connectivity index (χ1v) is 9.61. The van der Waals surface area contributed by atoms with E-state index in [0.717, 1.165) is 16.7 Å². The van der Waals surface area contributed by atoms with Crippen LogP contribution in [0.1, 0.15) is 30.5 Å². The van der Waals surface area contributed by atoms with Gasteiger partial charge in [-0.15, -0.1) is 0 Å². The molecule has 6 nitrogen and oxygen atoms in total. The van der Waals surface area contributed by atoms with Crippen LogP contribution in [0, 0.1) is 11.7 Å². The number of carboxylic acids is 1. The molecule has 1 unspecified atom stereocenters. The third kappa shape index (κ3) is 3.83. The van der Waals surface area contributed by atoms with Gasteiger partial charge in [-0.2, -0.15) is 0 Å². The maximum atomic E-state index is 14.5. The number of fused-ring (bicyclic) bond motifs is 1. The number of hydrogen-bond acceptors (Lipinski definition) is 5. The van der Waals surface area contributed by atoms with Crippen LogP contribution in [0.15, 0.2) is 29.8 Å². The molecule has 31 heavy (non-hydrogen) atoms. The largest absolute Gasteiger partial charge is 0.494 e. The van der Waals surface area contributed by atoms with Crippen LogP contribution in [-0.2, 0) is 4.79 Å². The van der Waals surface area contributed by atoms with Crippen LogP contribution in [0.2, 0.25) is 0 Å². The average Bonchev–Trinajstić information content (AvgIpc) is 3.01. The minimum absolute atomic E-state index is 0.0894. The fourth-order valence-corrected chi connectivity index (χ4v) is 3.92. The first-order valence-electron chi connectivity index (χ1n) is 9.61. The molecular formula is C24H25FO6. The summed E-state index contributed by atoms with van der Waals surface area (Å²) in [6.45, 7) is 3.43. The quantitative estimate of drug-likeness (QED) is 0.676. The van der Waals surface area contributed by atoms with E-state index in [9.17, 15) is 14.3 Å². The number of methoxy groups -OCH3 is 4. The molecule has 0 fully saturated rings. The number of ether oxygens (including phenoxy) is 4. The van der Waals surface area contributed by atoms with Crippen molar-refractivity contribution in [1.29, 1.82) is 0 Å². The number of carboxylic acid groups (broad SMARTS) is 1. The van der Waals surface area contributed by atoms with Gasteiger partial charge >= 0.3 is 5.97 Å². The molecule has 2 aromatic carbocycles. The van der Waals surface area contributed by atoms with E-state index < -0.39 is 17.7 Å². The summed E-state index contributed by atoms with van der Waals surface area (Å²) < 4.78 is 35.9. The molecule has 0 radical (unpaired) electrons. The second-order valence-electron chi connectivity index (χ2n) is 7.15. The molecule has 1 aliphatic carbocycles. The van der Waals surface area contributed by atoms with Gasteiger partial charge < -0.3 is 24.1 Å². The third-order valence-corrected chi connectivity index (χ3v) is 5.48. The van der Waals surface area contributed by atoms with E-state index in [-0.39, 0.29) is 5.75 Å². The number of allylic oxidation sites excluding steroid dienone is 2. The van der Waals surface area contributed by atoms with Crippen molar-refractivity contribution in [1.82, 2.24) is 0 Å². The van der Waals surface area contributed by atoms with E-state index in [4.69, 9.17) is 18.9 Å². The first kappa shape index (κ1) is 22.2. The lowest BCUT2D eigenvalue weighted by Crippen LogP contribution is -2.11. The standard InChI is InChI=1S/C24H25FO6/c1-12-15(7-14-8-20(29-4)23(31-6)21(9-14)30-5)16-11-19(28-3)18(25)10-17(16)22(12)13(2)24(26)27/h7-11,13H,1-6H3,(H,26,27)/b15-7+. The monoisotopic (exact) mass is 428 g/mol. The van der Waals surface area contributed by atoms with Crippen LogP contribution in [0.5, 0.6) is 23.0 Å². The molecule has 0 heterocycles. The summed E-state index contributed by atoms with van der Waals surface area (Å²) in [7, 11) is 5.98. The van der Waals surface area contributed by atoms with Gasteiger partial charge in [-0.1, -0.05) is 0 Å². The smallest absolute Gasteiger partial charge is 0.310 e. The zero-order chi connectivity index (χ0) is 22.9. The predicted octanol–water partition coefficient (Wildman–Crippen LogP) is 4.91. The molecule has 0 aliphatic heterocycles. The Labute approximate surface area is 180 Å². The zero-order valence-corrected chi connectivity index (χ0v) is 18.3. The number of halogens is 1. The lowest BCUT2D eigenvalue weighted by molar-refractivity contribution is -0.139. The Balaban J connectivity index is 2.28. The average molecular weight is 428 g/mol. The van der Waals surface area contributed by atoms with Crippen LogP contribution >= 0.6 is 0 Å². The molecule has 0 bridgehead atoms. The molecule has 0 saturated carbocycles. The van der Waals surface area contributed by atoms with Crippen molar-refractivity contribution in [2.75, 3.05) is 28.4 Å². The van der Waals surface area contributed by atoms with E-state index in [2.05, 4.69) is 0 Å². The Morgan fingerprint density at radius 2 is 1.52 bits per heavy atom. The van der Waals surface area contributed by atoms with E-state index >= 15 is 0 Å². The van der Waals surface area contributed by atoms with Crippen molar-refractivity contribution >= 4 is 23.2 Å². The van der Waals surface area contributed by atoms with Crippen LogP contribution in [0.3, 0.4) is 0 Å². The summed E-state index contributed by atoms with van der Waals surface area (Å²) >= 11 is 0. The van der Waals surface area contributed by atoms with E-state index in [0.29, 0.717) is 33.9 Å². The molecular weight excluding hydrogens is 403 g/mol. The van der Waals surface area contributed by atoms with Crippen LogP contribution in [0.25, 0.3) is 17.2 Å². The van der Waals surface area contributed by atoms with E-state index in [1.54, 1.807) is 25.1 Å². The predicted molar refractivity (Wildman–Crippen MR) is 116 cm³/mol. The SMILES string of the molecule is COc1cc2c(cc1F)C(C(C)C(=O)O)=C(C)/C2=C\c1cc(OC)c(OC)c(OC)c1. The normalized spacial score (nSPS) is 15.0. The molecule has 164 valence electrons. The number of aliphatic carboxylic acids is 1. The molecule has 0 spiro atoms. The number of hydrogen-bond donors (Lipinski definition) is 1. The maximum absolute atomic E-state index is 14.5. The summed E-state index contributed by atoms with van der Waals surface area (Å²) in [6, 6.07) is 6.52. The number of benzene rings is 2. The fraction of sp³-hybridized carbons (Fsp3) is 0.292. The van der Waals surface area contributed by atoms with Gasteiger partial charge in [0.05, 0.1) is 34.4 Å². The molecule has 0 aromatic heterocycles. The Morgan fingerprint density at radius 1 is 0.935 bits per heavy atom. The lowest BCUT2D eigenvalue weighted by Gasteiger charge is -2.14. The molecule has 1 N–H and O–H groups in total. The summed E-state index contributed by atoms with van der Waals surface area (Å²) in [5.41, 5.74) is 4.10. The molecule has 7 heteroatoms. The number of carbonyl (C=O) groups is 1. The Morgan fingerprint density at radius 3 is 2.00 bits per heavy atom. The highest BCUT2D eigenvalue weighted by Gasteiger charge is 2.32. The van der Waals surface area contributed by atoms with Crippen molar-refractivity contribution in [3.63, 3.8) is 0 Å². The van der Waals surface area contributed by atoms with Gasteiger partial charge in [0.15, 0.2) is 23.1 Å². The van der Waals surface area contributed by atoms with Crippen molar-refractivity contribution < 1.29 is 33.2 Å². The van der Waals surface area contributed by atoms with Gasteiger partial charge in [0.1, 0.15) is 0 Å². The minimum atomic E-state index is -0.981. The first-order chi connectivity index (χ1) is 14.8.